The van der Waals surface area contributed by atoms with E-state index < -0.39 is 155 Å². The maximum Gasteiger partial charge on any atom is 0.246 e. The van der Waals surface area contributed by atoms with Crippen LogP contribution in [0.5, 0.6) is 0 Å². The number of amides is 12. The van der Waals surface area contributed by atoms with Gasteiger partial charge in [-0.05, 0) is 137 Å². The third-order valence-electron chi connectivity index (χ3n) is 18.0. The van der Waals surface area contributed by atoms with E-state index in [1.54, 1.807) is 88.4 Å². The Morgan fingerprint density at radius 3 is 0.898 bits per heavy atom. The summed E-state index contributed by atoms with van der Waals surface area (Å²) in [6, 6.07) is 3.26. The average molecular weight is 1370 g/mol. The van der Waals surface area contributed by atoms with E-state index in [9.17, 15) is 47.9 Å². The van der Waals surface area contributed by atoms with Crippen LogP contribution in [0.2, 0.25) is 0 Å². The van der Waals surface area contributed by atoms with Gasteiger partial charge in [0.25, 0.3) is 0 Å². The fourth-order valence-electron chi connectivity index (χ4n) is 12.8. The predicted molar refractivity (Wildman–Crippen MR) is 373 cm³/mol. The fourth-order valence-corrected chi connectivity index (χ4v) is 12.8. The molecule has 0 spiro atoms. The van der Waals surface area contributed by atoms with Gasteiger partial charge in [-0.15, -0.1) is 0 Å². The summed E-state index contributed by atoms with van der Waals surface area (Å²) >= 11 is 0. The lowest BCUT2D eigenvalue weighted by molar-refractivity contribution is -0.143. The summed E-state index contributed by atoms with van der Waals surface area (Å²) in [6.07, 6.45) is 2.25. The monoisotopic (exact) mass is 1370 g/mol. The molecule has 26 heteroatoms. The van der Waals surface area contributed by atoms with Crippen LogP contribution >= 0.6 is 0 Å². The molecule has 0 unspecified atom stereocenters. The predicted octanol–water partition coefficient (Wildman–Crippen LogP) is 2.29. The SMILES string of the molecule is CC(C)C[C@@H]1NC(=O)[C@H](CCCN)NC(=O)[C@H](C(C)C)NC(=O)[C@@H]2CCCN2C(=O)[C@@H](Cc2ccccc2)NC(=O)[C@H](CC(C)C)NC(=O)[C@H](CCCN)NC(=O)[C@H](CC(C)C)NC(=O)[C@H](C(C)C)NC(=O)[C@@H]2CCCN2C(=O)[C@@H](Cc2ccccc2)NC(=O)[C@H](CC(C)C)NC1=O. The van der Waals surface area contributed by atoms with Gasteiger partial charge < -0.3 is 74.4 Å². The third-order valence-corrected chi connectivity index (χ3v) is 18.0. The van der Waals surface area contributed by atoms with Crippen LogP contribution in [-0.2, 0) is 70.4 Å². The van der Waals surface area contributed by atoms with Gasteiger partial charge in [0.2, 0.25) is 70.9 Å². The molecule has 98 heavy (non-hydrogen) atoms. The van der Waals surface area contributed by atoms with E-state index in [0.29, 0.717) is 24.0 Å². The van der Waals surface area contributed by atoms with Crippen molar-refractivity contribution in [1.29, 1.82) is 0 Å². The van der Waals surface area contributed by atoms with E-state index in [0.717, 1.165) is 0 Å². The molecule has 0 saturated carbocycles. The lowest BCUT2D eigenvalue weighted by Crippen LogP contribution is -2.62. The number of carbonyl (C=O) groups excluding carboxylic acids is 12. The third kappa shape index (κ3) is 24.8. The van der Waals surface area contributed by atoms with E-state index in [2.05, 4.69) is 53.2 Å². The number of carbonyl (C=O) groups is 12. The summed E-state index contributed by atoms with van der Waals surface area (Å²) in [4.78, 5) is 180. The van der Waals surface area contributed by atoms with Crippen LogP contribution in [0.15, 0.2) is 60.7 Å². The minimum Gasteiger partial charge on any atom is -0.343 e. The van der Waals surface area contributed by atoms with Crippen molar-refractivity contribution >= 4 is 70.9 Å². The molecule has 0 aromatic heterocycles. The normalized spacial score (nSPS) is 26.4. The van der Waals surface area contributed by atoms with E-state index in [4.69, 9.17) is 11.5 Å². The highest BCUT2D eigenvalue weighted by Crippen LogP contribution is 2.24. The van der Waals surface area contributed by atoms with Crippen molar-refractivity contribution in [2.45, 2.75) is 245 Å². The summed E-state index contributed by atoms with van der Waals surface area (Å²) in [7, 11) is 0. The van der Waals surface area contributed by atoms with Crippen molar-refractivity contribution in [3.8, 4) is 0 Å². The fraction of sp³-hybridized carbons (Fsp3) is 0.667. The van der Waals surface area contributed by atoms with Crippen molar-refractivity contribution in [3.05, 3.63) is 71.8 Å². The van der Waals surface area contributed by atoms with Crippen LogP contribution in [-0.4, -0.2) is 179 Å². The van der Waals surface area contributed by atoms with Gasteiger partial charge in [0.05, 0.1) is 0 Å². The maximum absolute atomic E-state index is 15.1. The van der Waals surface area contributed by atoms with E-state index in [-0.39, 0.29) is 127 Å². The Bertz CT molecular complexity index is 3000. The average Bonchev–Trinajstić information content (AvgIpc) is 1.60. The molecule has 3 fully saturated rings. The molecule has 3 saturated heterocycles. The van der Waals surface area contributed by atoms with Crippen molar-refractivity contribution in [2.24, 2.45) is 47.0 Å². The Kier molecular flexibility index (Phi) is 32.6. The zero-order chi connectivity index (χ0) is 72.5. The van der Waals surface area contributed by atoms with E-state index >= 15 is 9.59 Å². The molecule has 14 N–H and O–H groups in total. The number of hydrogen-bond donors (Lipinski definition) is 12. The minimum atomic E-state index is -1.27. The van der Waals surface area contributed by atoms with Crippen molar-refractivity contribution in [3.63, 3.8) is 0 Å². The van der Waals surface area contributed by atoms with Crippen LogP contribution in [0, 0.1) is 35.5 Å². The molecule has 0 radical (unpaired) electrons. The first kappa shape index (κ1) is 80.7. The number of nitrogens with two attached hydrogens (primary N) is 2. The highest BCUT2D eigenvalue weighted by Gasteiger charge is 2.44. The zero-order valence-corrected chi connectivity index (χ0v) is 59.8. The van der Waals surface area contributed by atoms with Gasteiger partial charge in [0.1, 0.15) is 72.5 Å². The molecule has 2 aromatic rings. The van der Waals surface area contributed by atoms with Gasteiger partial charge in [-0.3, -0.25) is 57.5 Å². The summed E-state index contributed by atoms with van der Waals surface area (Å²) in [5.74, 6) is -9.99. The zero-order valence-electron chi connectivity index (χ0n) is 59.8. The Hall–Kier alpha value is -8.00. The van der Waals surface area contributed by atoms with Gasteiger partial charge in [-0.1, -0.05) is 144 Å². The summed E-state index contributed by atoms with van der Waals surface area (Å²) in [6.45, 7) is 22.2. The highest BCUT2D eigenvalue weighted by atomic mass is 16.2. The first-order valence-electron chi connectivity index (χ1n) is 35.6. The van der Waals surface area contributed by atoms with Gasteiger partial charge in [-0.25, -0.2) is 0 Å². The second-order valence-corrected chi connectivity index (χ2v) is 29.1. The molecule has 5 rings (SSSR count). The molecule has 26 nitrogen and oxygen atoms in total. The van der Waals surface area contributed by atoms with Crippen molar-refractivity contribution in [2.75, 3.05) is 26.2 Å². The molecule has 3 aliphatic heterocycles. The second-order valence-electron chi connectivity index (χ2n) is 29.1. The van der Waals surface area contributed by atoms with Crippen LogP contribution < -0.4 is 64.6 Å². The second kappa shape index (κ2) is 39.6. The van der Waals surface area contributed by atoms with Crippen LogP contribution in [0.1, 0.15) is 171 Å². The summed E-state index contributed by atoms with van der Waals surface area (Å²) in [5, 5.41) is 28.6. The van der Waals surface area contributed by atoms with Crippen molar-refractivity contribution < 1.29 is 57.5 Å². The topological polar surface area (TPSA) is 384 Å². The largest absolute Gasteiger partial charge is 0.343 e. The van der Waals surface area contributed by atoms with Gasteiger partial charge in [0, 0.05) is 25.9 Å². The number of nitrogens with one attached hydrogen (secondary N) is 10. The molecular weight excluding hydrogens is 1250 g/mol. The summed E-state index contributed by atoms with van der Waals surface area (Å²) < 4.78 is 0. The standard InChI is InChI=1S/C72H114N14O12/c1-41(2)35-51-64(90)79-53(37-43(5)6)66(92)82-56(40-48-25-17-14-18-26-48)72(98)86-34-22-30-58(86)68(94)84-60(46(11)12)70(96)80-54(38-44(7)8)63(89)75-49(27-19-31-73)61(87)78-52(36-42(3)4)65(91)81-55(39-47-23-15-13-16-24-47)71(97)85-33-21-29-57(85)67(93)83-59(45(9)10)69(95)76-50(28-20-32-74)62(88)77-51/h13-18,23-26,41-46,49-60H,19-22,27-40,73-74H2,1-12H3,(H,75,89)(H,76,95)(H,77,88)(H,78,87)(H,79,90)(H,80,96)(H,81,91)(H,82,92)(H,83,93)(H,84,94)/t49-,50-,51-,52-,53-,54-,55+,56+,57-,58-,59-,60-/m0/s1. The molecule has 0 aliphatic carbocycles. The van der Waals surface area contributed by atoms with Crippen molar-refractivity contribution in [1.82, 2.24) is 63.0 Å². The quantitative estimate of drug-likeness (QED) is 0.0906. The summed E-state index contributed by atoms with van der Waals surface area (Å²) in [5.41, 5.74) is 13.3. The number of benzene rings is 2. The molecule has 544 valence electrons. The van der Waals surface area contributed by atoms with E-state index in [1.165, 1.54) is 9.80 Å². The van der Waals surface area contributed by atoms with Gasteiger partial charge in [0.15, 0.2) is 0 Å². The Morgan fingerprint density at radius 1 is 0.347 bits per heavy atom. The maximum atomic E-state index is 15.1. The lowest BCUT2D eigenvalue weighted by Gasteiger charge is -2.32. The molecule has 0 bridgehead atoms. The number of rotatable bonds is 20. The molecule has 12 amide bonds. The first-order chi connectivity index (χ1) is 46.4. The smallest absolute Gasteiger partial charge is 0.246 e. The van der Waals surface area contributed by atoms with Crippen LogP contribution in [0.3, 0.4) is 0 Å². The van der Waals surface area contributed by atoms with Crippen LogP contribution in [0.4, 0.5) is 0 Å². The number of fused-ring (bicyclic) bond motifs is 2. The molecule has 3 heterocycles. The Labute approximate surface area is 579 Å². The Morgan fingerprint density at radius 2 is 0.612 bits per heavy atom. The van der Waals surface area contributed by atoms with Crippen LogP contribution in [0.25, 0.3) is 0 Å². The molecular formula is C72H114N14O12. The first-order valence-corrected chi connectivity index (χ1v) is 35.6. The number of nitrogens with zero attached hydrogens (tertiary/aromatic N) is 2. The lowest BCUT2D eigenvalue weighted by atomic mass is 9.98. The van der Waals surface area contributed by atoms with Gasteiger partial charge >= 0.3 is 0 Å². The van der Waals surface area contributed by atoms with E-state index in [1.807, 2.05) is 55.4 Å². The van der Waals surface area contributed by atoms with Gasteiger partial charge in [-0.2, -0.15) is 0 Å². The number of hydrogen-bond acceptors (Lipinski definition) is 14. The molecule has 2 aromatic carbocycles. The minimum absolute atomic E-state index is 0.00484. The Balaban J connectivity index is 1.61. The molecule has 3 aliphatic rings. The molecule has 12 atom stereocenters. The highest BCUT2D eigenvalue weighted by molar-refractivity contribution is 6.00.